The number of hydrogen-bond acceptors (Lipinski definition) is 3. The van der Waals surface area contributed by atoms with Crippen LogP contribution in [-0.4, -0.2) is 28.8 Å². The topological polar surface area (TPSA) is 72.9 Å². The summed E-state index contributed by atoms with van der Waals surface area (Å²) in [5.41, 5.74) is 5.78. The number of amides is 1. The Hall–Kier alpha value is -1.80. The lowest BCUT2D eigenvalue weighted by atomic mass is 10.4. The predicted molar refractivity (Wildman–Crippen MR) is 52.2 cm³/mol. The quantitative estimate of drug-likeness (QED) is 0.581. The zero-order valence-electron chi connectivity index (χ0n) is 7.95. The maximum atomic E-state index is 10.7. The molecule has 1 rings (SSSR count). The van der Waals surface area contributed by atoms with Crippen LogP contribution in [0.5, 0.6) is 0 Å². The summed E-state index contributed by atoms with van der Waals surface area (Å²) >= 11 is 0. The van der Waals surface area contributed by atoms with Crippen molar-refractivity contribution < 1.29 is 4.79 Å². The van der Waals surface area contributed by atoms with Crippen LogP contribution >= 0.6 is 0 Å². The smallest absolute Gasteiger partial charge is 0.234 e. The summed E-state index contributed by atoms with van der Waals surface area (Å²) in [5, 5.41) is 6.59. The number of carbonyl (C=O) groups excluding carboxylic acids is 1. The highest BCUT2D eigenvalue weighted by Crippen LogP contribution is 1.89. The molecular formula is C9H12N4O. The van der Waals surface area contributed by atoms with E-state index >= 15 is 0 Å². The second-order valence-corrected chi connectivity index (χ2v) is 2.66. The zero-order chi connectivity index (χ0) is 10.4. The van der Waals surface area contributed by atoms with E-state index in [9.17, 15) is 4.79 Å². The van der Waals surface area contributed by atoms with Gasteiger partial charge >= 0.3 is 0 Å². The molecule has 0 aliphatic heterocycles. The predicted octanol–water partition coefficient (Wildman–Crippen LogP) is -1.15. The molecule has 0 aromatic carbocycles. The van der Waals surface area contributed by atoms with Crippen molar-refractivity contribution in [2.24, 2.45) is 12.8 Å². The average molecular weight is 192 g/mol. The van der Waals surface area contributed by atoms with Crippen LogP contribution in [0.2, 0.25) is 0 Å². The van der Waals surface area contributed by atoms with Gasteiger partial charge in [0.05, 0.1) is 13.1 Å². The monoisotopic (exact) mass is 192 g/mol. The number of hydrogen-bond donors (Lipinski definition) is 2. The van der Waals surface area contributed by atoms with E-state index in [4.69, 9.17) is 5.73 Å². The fourth-order valence-corrected chi connectivity index (χ4v) is 0.831. The van der Waals surface area contributed by atoms with E-state index < -0.39 is 0 Å². The van der Waals surface area contributed by atoms with Crippen LogP contribution in [-0.2, 0) is 11.8 Å². The van der Waals surface area contributed by atoms with Gasteiger partial charge in [0, 0.05) is 13.2 Å². The molecule has 3 N–H and O–H groups in total. The largest absolute Gasteiger partial charge is 0.344 e. The number of nitrogens with one attached hydrogen (secondary N) is 1. The highest BCUT2D eigenvalue weighted by Gasteiger charge is 1.92. The first kappa shape index (κ1) is 10.3. The first-order valence-corrected chi connectivity index (χ1v) is 4.17. The van der Waals surface area contributed by atoms with Crippen LogP contribution in [0.3, 0.4) is 0 Å². The number of rotatable bonds is 2. The van der Waals surface area contributed by atoms with Crippen molar-refractivity contribution >= 4 is 5.91 Å². The Balaban J connectivity index is 2.38. The molecule has 0 spiro atoms. The van der Waals surface area contributed by atoms with Gasteiger partial charge in [0.2, 0.25) is 5.91 Å². The van der Waals surface area contributed by atoms with Crippen LogP contribution in [0.4, 0.5) is 0 Å². The van der Waals surface area contributed by atoms with E-state index in [1.54, 1.807) is 10.7 Å². The molecule has 0 aliphatic rings. The third kappa shape index (κ3) is 3.29. The third-order valence-corrected chi connectivity index (χ3v) is 1.49. The van der Waals surface area contributed by atoms with Gasteiger partial charge in [-0.3, -0.25) is 9.48 Å². The van der Waals surface area contributed by atoms with E-state index in [0.29, 0.717) is 12.2 Å². The lowest BCUT2D eigenvalue weighted by Crippen LogP contribution is -2.30. The summed E-state index contributed by atoms with van der Waals surface area (Å²) in [6.07, 6.45) is 1.81. The zero-order valence-corrected chi connectivity index (χ0v) is 7.95. The highest BCUT2D eigenvalue weighted by molar-refractivity contribution is 5.77. The second-order valence-electron chi connectivity index (χ2n) is 2.66. The second kappa shape index (κ2) is 5.04. The fourth-order valence-electron chi connectivity index (χ4n) is 0.831. The standard InChI is InChI=1S/C9H12N4O/c1-13-6-4-8(12-13)3-2-5-11-9(14)7-10/h4,6H,5,7,10H2,1H3,(H,11,14). The van der Waals surface area contributed by atoms with Crippen molar-refractivity contribution in [1.82, 2.24) is 15.1 Å². The first-order chi connectivity index (χ1) is 6.72. The molecule has 0 unspecified atom stereocenters. The van der Waals surface area contributed by atoms with Crippen molar-refractivity contribution in [1.29, 1.82) is 0 Å². The van der Waals surface area contributed by atoms with Gasteiger partial charge in [-0.15, -0.1) is 0 Å². The van der Waals surface area contributed by atoms with Crippen LogP contribution in [0, 0.1) is 11.8 Å². The van der Waals surface area contributed by atoms with Crippen molar-refractivity contribution in [3.8, 4) is 11.8 Å². The van der Waals surface area contributed by atoms with Gasteiger partial charge < -0.3 is 11.1 Å². The van der Waals surface area contributed by atoms with Gasteiger partial charge in [0.15, 0.2) is 0 Å². The lowest BCUT2D eigenvalue weighted by molar-refractivity contribution is -0.119. The summed E-state index contributed by atoms with van der Waals surface area (Å²) in [6, 6.07) is 1.80. The minimum atomic E-state index is -0.208. The maximum absolute atomic E-state index is 10.7. The van der Waals surface area contributed by atoms with Gasteiger partial charge in [0.25, 0.3) is 0 Å². The van der Waals surface area contributed by atoms with Crippen LogP contribution in [0.1, 0.15) is 5.69 Å². The number of carbonyl (C=O) groups is 1. The van der Waals surface area contributed by atoms with Crippen molar-refractivity contribution in [2.75, 3.05) is 13.1 Å². The fraction of sp³-hybridized carbons (Fsp3) is 0.333. The molecule has 0 atom stereocenters. The van der Waals surface area contributed by atoms with Crippen LogP contribution in [0.15, 0.2) is 12.3 Å². The molecule has 0 radical (unpaired) electrons. The molecule has 0 fully saturated rings. The van der Waals surface area contributed by atoms with Crippen molar-refractivity contribution in [3.63, 3.8) is 0 Å². The Bertz CT molecular complexity index is 372. The third-order valence-electron chi connectivity index (χ3n) is 1.49. The molecule has 0 bridgehead atoms. The van der Waals surface area contributed by atoms with E-state index in [1.807, 2.05) is 13.2 Å². The van der Waals surface area contributed by atoms with Crippen molar-refractivity contribution in [2.45, 2.75) is 0 Å². The Morgan fingerprint density at radius 1 is 1.79 bits per heavy atom. The van der Waals surface area contributed by atoms with Gasteiger partial charge in [-0.2, -0.15) is 5.10 Å². The Kier molecular flexibility index (Phi) is 3.70. The molecule has 0 saturated carbocycles. The Labute approximate surface area is 82.3 Å². The van der Waals surface area contributed by atoms with E-state index in [0.717, 1.165) is 0 Å². The molecule has 1 aromatic heterocycles. The Morgan fingerprint density at radius 2 is 2.57 bits per heavy atom. The molecule has 1 aromatic rings. The number of aryl methyl sites for hydroxylation is 1. The SMILES string of the molecule is Cn1ccc(C#CCNC(=O)CN)n1. The maximum Gasteiger partial charge on any atom is 0.234 e. The summed E-state index contributed by atoms with van der Waals surface area (Å²) < 4.78 is 1.67. The molecule has 5 nitrogen and oxygen atoms in total. The summed E-state index contributed by atoms with van der Waals surface area (Å²) in [4.78, 5) is 10.7. The molecule has 14 heavy (non-hydrogen) atoms. The summed E-state index contributed by atoms with van der Waals surface area (Å²) in [5.74, 6) is 5.37. The van der Waals surface area contributed by atoms with Gasteiger partial charge in [-0.05, 0) is 12.0 Å². The van der Waals surface area contributed by atoms with Crippen LogP contribution in [0.25, 0.3) is 0 Å². The first-order valence-electron chi connectivity index (χ1n) is 4.17. The molecule has 1 amide bonds. The highest BCUT2D eigenvalue weighted by atomic mass is 16.1. The summed E-state index contributed by atoms with van der Waals surface area (Å²) in [6.45, 7) is 0.290. The van der Waals surface area contributed by atoms with Crippen LogP contribution < -0.4 is 11.1 Å². The van der Waals surface area contributed by atoms with E-state index in [2.05, 4.69) is 22.3 Å². The Morgan fingerprint density at radius 3 is 3.14 bits per heavy atom. The minimum absolute atomic E-state index is 0.00866. The molecule has 74 valence electrons. The van der Waals surface area contributed by atoms with Gasteiger partial charge in [-0.1, -0.05) is 5.92 Å². The van der Waals surface area contributed by atoms with E-state index in [1.165, 1.54) is 0 Å². The molecule has 0 aliphatic carbocycles. The lowest BCUT2D eigenvalue weighted by Gasteiger charge is -1.94. The average Bonchev–Trinajstić information content (AvgIpc) is 2.58. The molecule has 1 heterocycles. The number of nitrogens with zero attached hydrogens (tertiary/aromatic N) is 2. The molecule has 5 heteroatoms. The number of nitrogens with two attached hydrogens (primary N) is 1. The molecule has 0 saturated heterocycles. The van der Waals surface area contributed by atoms with Gasteiger partial charge in [0.1, 0.15) is 5.69 Å². The minimum Gasteiger partial charge on any atom is -0.344 e. The van der Waals surface area contributed by atoms with Crippen molar-refractivity contribution in [3.05, 3.63) is 18.0 Å². The molecular weight excluding hydrogens is 180 g/mol. The normalized spacial score (nSPS) is 9.00. The van der Waals surface area contributed by atoms with Gasteiger partial charge in [-0.25, -0.2) is 0 Å². The number of aromatic nitrogens is 2. The van der Waals surface area contributed by atoms with E-state index in [-0.39, 0.29) is 12.5 Å². The summed E-state index contributed by atoms with van der Waals surface area (Å²) in [7, 11) is 1.82.